The Morgan fingerprint density at radius 1 is 0.947 bits per heavy atom. The number of carbonyl (C=O) groups is 2. The second-order valence-corrected chi connectivity index (χ2v) is 10.0. The van der Waals surface area contributed by atoms with E-state index in [9.17, 15) is 9.59 Å². The normalized spacial score (nSPS) is 13.8. The maximum Gasteiger partial charge on any atom is 0.254 e. The standard InChI is InChI=1S/C30H37N5O3/c1-23(2)15-18-35(30(37)24-9-5-4-6-10-24)22-29(36)34-17-8-16-33(19-20-34)28-14-13-27(31-32-28)25-11-7-12-26(21-25)38-3/h4-7,9-14,21,23H,8,15-20,22H2,1-3H3. The van der Waals surface area contributed by atoms with Crippen LogP contribution < -0.4 is 9.64 Å². The zero-order chi connectivity index (χ0) is 26.9. The third-order valence-electron chi connectivity index (χ3n) is 6.80. The molecule has 8 nitrogen and oxygen atoms in total. The number of aromatic nitrogens is 2. The van der Waals surface area contributed by atoms with Gasteiger partial charge in [0.1, 0.15) is 12.3 Å². The van der Waals surface area contributed by atoms with Crippen molar-refractivity contribution in [2.24, 2.45) is 5.92 Å². The zero-order valence-corrected chi connectivity index (χ0v) is 22.5. The van der Waals surface area contributed by atoms with Crippen molar-refractivity contribution in [1.82, 2.24) is 20.0 Å². The number of amides is 2. The average molecular weight is 516 g/mol. The maximum absolute atomic E-state index is 13.3. The number of benzene rings is 2. The molecule has 0 N–H and O–H groups in total. The molecule has 2 aromatic carbocycles. The molecule has 4 rings (SSSR count). The highest BCUT2D eigenvalue weighted by Crippen LogP contribution is 2.23. The molecule has 0 spiro atoms. The Bertz CT molecular complexity index is 1200. The van der Waals surface area contributed by atoms with E-state index in [1.807, 2.05) is 59.5 Å². The number of hydrogen-bond donors (Lipinski definition) is 0. The zero-order valence-electron chi connectivity index (χ0n) is 22.5. The molecule has 0 saturated carbocycles. The van der Waals surface area contributed by atoms with Crippen LogP contribution in [0.4, 0.5) is 5.82 Å². The van der Waals surface area contributed by atoms with Crippen LogP contribution in [0.5, 0.6) is 5.75 Å². The van der Waals surface area contributed by atoms with Gasteiger partial charge in [0.15, 0.2) is 5.82 Å². The number of anilines is 1. The summed E-state index contributed by atoms with van der Waals surface area (Å²) in [6.45, 7) is 7.60. The lowest BCUT2D eigenvalue weighted by Gasteiger charge is -2.27. The van der Waals surface area contributed by atoms with Crippen LogP contribution in [0.1, 0.15) is 37.0 Å². The first kappa shape index (κ1) is 27.1. The highest BCUT2D eigenvalue weighted by molar-refractivity contribution is 5.96. The first-order valence-electron chi connectivity index (χ1n) is 13.3. The van der Waals surface area contributed by atoms with Gasteiger partial charge in [0.2, 0.25) is 5.91 Å². The SMILES string of the molecule is COc1cccc(-c2ccc(N3CCCN(C(=O)CN(CCC(C)C)C(=O)c4ccccc4)CC3)nn2)c1. The fourth-order valence-corrected chi connectivity index (χ4v) is 4.52. The van der Waals surface area contributed by atoms with Crippen LogP contribution in [0.25, 0.3) is 11.3 Å². The minimum Gasteiger partial charge on any atom is -0.497 e. The van der Waals surface area contributed by atoms with E-state index >= 15 is 0 Å². The summed E-state index contributed by atoms with van der Waals surface area (Å²) in [5.41, 5.74) is 2.34. The van der Waals surface area contributed by atoms with Gasteiger partial charge in [-0.15, -0.1) is 10.2 Å². The van der Waals surface area contributed by atoms with E-state index in [0.717, 1.165) is 42.2 Å². The Morgan fingerprint density at radius 3 is 2.47 bits per heavy atom. The molecule has 2 amide bonds. The summed E-state index contributed by atoms with van der Waals surface area (Å²) >= 11 is 0. The van der Waals surface area contributed by atoms with Crippen molar-refractivity contribution >= 4 is 17.6 Å². The van der Waals surface area contributed by atoms with E-state index in [-0.39, 0.29) is 18.4 Å². The first-order chi connectivity index (χ1) is 18.4. The Labute approximate surface area is 225 Å². The van der Waals surface area contributed by atoms with Crippen molar-refractivity contribution in [1.29, 1.82) is 0 Å². The molecule has 1 aliphatic heterocycles. The Morgan fingerprint density at radius 2 is 1.76 bits per heavy atom. The maximum atomic E-state index is 13.3. The number of rotatable bonds is 9. The highest BCUT2D eigenvalue weighted by atomic mass is 16.5. The van der Waals surface area contributed by atoms with Crippen molar-refractivity contribution < 1.29 is 14.3 Å². The van der Waals surface area contributed by atoms with Crippen LogP contribution in [0.3, 0.4) is 0 Å². The lowest BCUT2D eigenvalue weighted by molar-refractivity contribution is -0.131. The van der Waals surface area contributed by atoms with Crippen molar-refractivity contribution in [2.75, 3.05) is 51.3 Å². The molecule has 0 bridgehead atoms. The molecule has 8 heteroatoms. The smallest absolute Gasteiger partial charge is 0.254 e. The summed E-state index contributed by atoms with van der Waals surface area (Å²) in [4.78, 5) is 32.2. The minimum atomic E-state index is -0.0950. The van der Waals surface area contributed by atoms with Crippen molar-refractivity contribution in [3.63, 3.8) is 0 Å². The summed E-state index contributed by atoms with van der Waals surface area (Å²) in [6.07, 6.45) is 1.67. The van der Waals surface area contributed by atoms with Gasteiger partial charge in [0.25, 0.3) is 5.91 Å². The van der Waals surface area contributed by atoms with E-state index in [1.54, 1.807) is 24.1 Å². The Kier molecular flexibility index (Phi) is 9.30. The second kappa shape index (κ2) is 13.0. The highest BCUT2D eigenvalue weighted by Gasteiger charge is 2.25. The molecule has 200 valence electrons. The number of carbonyl (C=O) groups excluding carboxylic acids is 2. The van der Waals surface area contributed by atoms with Gasteiger partial charge in [0, 0.05) is 43.9 Å². The largest absolute Gasteiger partial charge is 0.497 e. The van der Waals surface area contributed by atoms with Gasteiger partial charge in [-0.25, -0.2) is 0 Å². The molecule has 0 unspecified atom stereocenters. The molecule has 1 saturated heterocycles. The fraction of sp³-hybridized carbons (Fsp3) is 0.400. The topological polar surface area (TPSA) is 78.9 Å². The third kappa shape index (κ3) is 7.09. The molecule has 0 atom stereocenters. The van der Waals surface area contributed by atoms with Crippen LogP contribution in [0, 0.1) is 5.92 Å². The van der Waals surface area contributed by atoms with E-state index in [1.165, 1.54) is 0 Å². The summed E-state index contributed by atoms with van der Waals surface area (Å²) < 4.78 is 5.31. The predicted molar refractivity (Wildman–Crippen MR) is 149 cm³/mol. The molecular formula is C30H37N5O3. The van der Waals surface area contributed by atoms with E-state index in [2.05, 4.69) is 28.9 Å². The molecule has 2 heterocycles. The van der Waals surface area contributed by atoms with Crippen LogP contribution in [-0.4, -0.2) is 78.2 Å². The van der Waals surface area contributed by atoms with Crippen molar-refractivity contribution in [3.05, 3.63) is 72.3 Å². The number of methoxy groups -OCH3 is 1. The van der Waals surface area contributed by atoms with Crippen LogP contribution in [0.15, 0.2) is 66.7 Å². The van der Waals surface area contributed by atoms with Crippen LogP contribution in [0.2, 0.25) is 0 Å². The summed E-state index contributed by atoms with van der Waals surface area (Å²) in [6, 6.07) is 20.9. The lowest BCUT2D eigenvalue weighted by atomic mass is 10.1. The van der Waals surface area contributed by atoms with Gasteiger partial charge in [-0.3, -0.25) is 9.59 Å². The second-order valence-electron chi connectivity index (χ2n) is 10.0. The Hall–Kier alpha value is -3.94. The van der Waals surface area contributed by atoms with Crippen molar-refractivity contribution in [2.45, 2.75) is 26.7 Å². The predicted octanol–water partition coefficient (Wildman–Crippen LogP) is 4.38. The molecule has 0 radical (unpaired) electrons. The van der Waals surface area contributed by atoms with Crippen LogP contribution in [-0.2, 0) is 4.79 Å². The van der Waals surface area contributed by atoms with Gasteiger partial charge in [0.05, 0.1) is 12.8 Å². The van der Waals surface area contributed by atoms with Gasteiger partial charge < -0.3 is 19.4 Å². The van der Waals surface area contributed by atoms with E-state index < -0.39 is 0 Å². The molecule has 0 aliphatic carbocycles. The quantitative estimate of drug-likeness (QED) is 0.421. The van der Waals surface area contributed by atoms with E-state index in [4.69, 9.17) is 4.74 Å². The van der Waals surface area contributed by atoms with Crippen molar-refractivity contribution in [3.8, 4) is 17.0 Å². The molecular weight excluding hydrogens is 478 g/mol. The Balaban J connectivity index is 1.38. The van der Waals surface area contributed by atoms with Crippen LogP contribution >= 0.6 is 0 Å². The fourth-order valence-electron chi connectivity index (χ4n) is 4.52. The average Bonchev–Trinajstić information content (AvgIpc) is 3.22. The molecule has 3 aromatic rings. The van der Waals surface area contributed by atoms with Gasteiger partial charge in [-0.1, -0.05) is 44.2 Å². The third-order valence-corrected chi connectivity index (χ3v) is 6.80. The molecule has 38 heavy (non-hydrogen) atoms. The molecule has 1 aromatic heterocycles. The van der Waals surface area contributed by atoms with E-state index in [0.29, 0.717) is 37.7 Å². The van der Waals surface area contributed by atoms with Gasteiger partial charge in [-0.05, 0) is 55.2 Å². The van der Waals surface area contributed by atoms with Gasteiger partial charge >= 0.3 is 0 Å². The monoisotopic (exact) mass is 515 g/mol. The molecule has 1 fully saturated rings. The summed E-state index contributed by atoms with van der Waals surface area (Å²) in [7, 11) is 1.64. The van der Waals surface area contributed by atoms with Gasteiger partial charge in [-0.2, -0.15) is 0 Å². The molecule has 1 aliphatic rings. The lowest BCUT2D eigenvalue weighted by Crippen LogP contribution is -2.44. The summed E-state index contributed by atoms with van der Waals surface area (Å²) in [5.74, 6) is 1.91. The number of ether oxygens (including phenoxy) is 1. The number of hydrogen-bond acceptors (Lipinski definition) is 6. The first-order valence-corrected chi connectivity index (χ1v) is 13.3. The summed E-state index contributed by atoms with van der Waals surface area (Å²) in [5, 5.41) is 8.91. The minimum absolute atomic E-state index is 0.0145. The number of nitrogens with zero attached hydrogens (tertiary/aromatic N) is 5.